The maximum Gasteiger partial charge on any atom is 0.306 e. The monoisotopic (exact) mass is 231 g/mol. The molecule has 0 spiro atoms. The van der Waals surface area contributed by atoms with Gasteiger partial charge in [-0.25, -0.2) is 0 Å². The van der Waals surface area contributed by atoms with Crippen LogP contribution in [0.25, 0.3) is 0 Å². The maximum atomic E-state index is 11.2. The number of ether oxygens (including phenoxy) is 1. The molecule has 1 atom stereocenters. The molecule has 0 aliphatic rings. The van der Waals surface area contributed by atoms with Crippen LogP contribution < -0.4 is 5.32 Å². The second-order valence-corrected chi connectivity index (χ2v) is 3.69. The van der Waals surface area contributed by atoms with Gasteiger partial charge in [0.15, 0.2) is 0 Å². The molecule has 0 rings (SSSR count). The van der Waals surface area contributed by atoms with E-state index >= 15 is 0 Å². The van der Waals surface area contributed by atoms with Crippen molar-refractivity contribution in [1.82, 2.24) is 5.32 Å². The van der Waals surface area contributed by atoms with Gasteiger partial charge in [0.25, 0.3) is 0 Å². The van der Waals surface area contributed by atoms with Gasteiger partial charge in [0, 0.05) is 19.4 Å². The third-order valence-corrected chi connectivity index (χ3v) is 1.95. The number of aliphatic hydroxyl groups excluding tert-OH is 1. The van der Waals surface area contributed by atoms with E-state index in [-0.39, 0.29) is 24.9 Å². The summed E-state index contributed by atoms with van der Waals surface area (Å²) < 4.78 is 4.84. The highest BCUT2D eigenvalue weighted by atomic mass is 16.5. The van der Waals surface area contributed by atoms with Gasteiger partial charge < -0.3 is 15.2 Å². The van der Waals surface area contributed by atoms with Crippen LogP contribution in [0.1, 0.15) is 39.5 Å². The summed E-state index contributed by atoms with van der Waals surface area (Å²) in [5, 5.41) is 11.4. The summed E-state index contributed by atoms with van der Waals surface area (Å²) in [6, 6.07) is 0. The first kappa shape index (κ1) is 14.9. The minimum absolute atomic E-state index is 0.0372. The van der Waals surface area contributed by atoms with Crippen molar-refractivity contribution in [2.24, 2.45) is 0 Å². The first-order valence-corrected chi connectivity index (χ1v) is 5.67. The number of hydrogen-bond donors (Lipinski definition) is 2. The van der Waals surface area contributed by atoms with Crippen molar-refractivity contribution in [3.8, 4) is 0 Å². The molecule has 5 heteroatoms. The Bertz CT molecular complexity index is 218. The summed E-state index contributed by atoms with van der Waals surface area (Å²) in [5.74, 6) is -0.408. The molecule has 1 amide bonds. The third kappa shape index (κ3) is 8.23. The van der Waals surface area contributed by atoms with Crippen LogP contribution in [0.4, 0.5) is 0 Å². The molecule has 94 valence electrons. The molecule has 5 nitrogen and oxygen atoms in total. The first-order valence-electron chi connectivity index (χ1n) is 5.67. The van der Waals surface area contributed by atoms with Crippen LogP contribution in [0.15, 0.2) is 0 Å². The third-order valence-electron chi connectivity index (χ3n) is 1.95. The number of carbonyl (C=O) groups is 2. The summed E-state index contributed by atoms with van der Waals surface area (Å²) in [6.07, 6.45) is 1.46. The average molecular weight is 231 g/mol. The Morgan fingerprint density at radius 1 is 1.38 bits per heavy atom. The Morgan fingerprint density at radius 3 is 2.62 bits per heavy atom. The van der Waals surface area contributed by atoms with E-state index in [9.17, 15) is 9.59 Å². The Labute approximate surface area is 96.2 Å². The van der Waals surface area contributed by atoms with Crippen LogP contribution in [0, 0.1) is 0 Å². The number of rotatable bonds is 8. The SMILES string of the molecule is CCCNC(=O)CCCC(=O)OC(C)CO. The van der Waals surface area contributed by atoms with Crippen LogP contribution in [0.5, 0.6) is 0 Å². The average Bonchev–Trinajstić information content (AvgIpc) is 2.26. The second kappa shape index (κ2) is 9.15. The number of nitrogens with one attached hydrogen (secondary N) is 1. The molecular weight excluding hydrogens is 210 g/mol. The van der Waals surface area contributed by atoms with E-state index in [1.54, 1.807) is 6.92 Å². The highest BCUT2D eigenvalue weighted by molar-refractivity contribution is 5.76. The van der Waals surface area contributed by atoms with Gasteiger partial charge in [0.1, 0.15) is 6.10 Å². The second-order valence-electron chi connectivity index (χ2n) is 3.69. The molecule has 0 aliphatic heterocycles. The highest BCUT2D eigenvalue weighted by Crippen LogP contribution is 2.00. The largest absolute Gasteiger partial charge is 0.460 e. The normalized spacial score (nSPS) is 11.9. The lowest BCUT2D eigenvalue weighted by molar-refractivity contribution is -0.150. The fourth-order valence-corrected chi connectivity index (χ4v) is 1.07. The molecule has 0 aromatic heterocycles. The van der Waals surface area contributed by atoms with E-state index in [4.69, 9.17) is 9.84 Å². The summed E-state index contributed by atoms with van der Waals surface area (Å²) in [4.78, 5) is 22.3. The van der Waals surface area contributed by atoms with Gasteiger partial charge in [0.2, 0.25) is 5.91 Å². The molecular formula is C11H21NO4. The maximum absolute atomic E-state index is 11.2. The summed E-state index contributed by atoms with van der Waals surface area (Å²) in [5.41, 5.74) is 0. The van der Waals surface area contributed by atoms with Crippen molar-refractivity contribution in [3.63, 3.8) is 0 Å². The van der Waals surface area contributed by atoms with Crippen LogP contribution in [0.2, 0.25) is 0 Å². The zero-order valence-corrected chi connectivity index (χ0v) is 9.99. The molecule has 1 unspecified atom stereocenters. The summed E-state index contributed by atoms with van der Waals surface area (Å²) in [6.45, 7) is 4.09. The smallest absolute Gasteiger partial charge is 0.306 e. The van der Waals surface area contributed by atoms with Crippen molar-refractivity contribution in [1.29, 1.82) is 0 Å². The van der Waals surface area contributed by atoms with E-state index in [1.807, 2.05) is 6.92 Å². The fourth-order valence-electron chi connectivity index (χ4n) is 1.07. The van der Waals surface area contributed by atoms with Crippen LogP contribution in [-0.2, 0) is 14.3 Å². The van der Waals surface area contributed by atoms with Gasteiger partial charge in [-0.3, -0.25) is 9.59 Å². The zero-order valence-electron chi connectivity index (χ0n) is 9.99. The number of esters is 1. The van der Waals surface area contributed by atoms with Gasteiger partial charge in [-0.05, 0) is 19.8 Å². The topological polar surface area (TPSA) is 75.6 Å². The Balaban J connectivity index is 3.50. The van der Waals surface area contributed by atoms with E-state index in [0.29, 0.717) is 19.4 Å². The number of carbonyl (C=O) groups excluding carboxylic acids is 2. The molecule has 0 radical (unpaired) electrons. The first-order chi connectivity index (χ1) is 7.60. The highest BCUT2D eigenvalue weighted by Gasteiger charge is 2.09. The van der Waals surface area contributed by atoms with Gasteiger partial charge in [-0.2, -0.15) is 0 Å². The molecule has 0 bridgehead atoms. The lowest BCUT2D eigenvalue weighted by Gasteiger charge is -2.09. The van der Waals surface area contributed by atoms with E-state index in [0.717, 1.165) is 6.42 Å². The zero-order chi connectivity index (χ0) is 12.4. The van der Waals surface area contributed by atoms with Crippen LogP contribution in [0.3, 0.4) is 0 Å². The van der Waals surface area contributed by atoms with Crippen LogP contribution >= 0.6 is 0 Å². The van der Waals surface area contributed by atoms with Crippen molar-refractivity contribution >= 4 is 11.9 Å². The number of hydrogen-bond acceptors (Lipinski definition) is 4. The van der Waals surface area contributed by atoms with Crippen molar-refractivity contribution in [2.45, 2.75) is 45.6 Å². The molecule has 0 saturated carbocycles. The van der Waals surface area contributed by atoms with Crippen molar-refractivity contribution in [3.05, 3.63) is 0 Å². The minimum atomic E-state index is -0.471. The van der Waals surface area contributed by atoms with E-state index in [2.05, 4.69) is 5.32 Å². The van der Waals surface area contributed by atoms with Crippen LogP contribution in [-0.4, -0.2) is 36.2 Å². The Hall–Kier alpha value is -1.10. The molecule has 0 aromatic rings. The van der Waals surface area contributed by atoms with Gasteiger partial charge >= 0.3 is 5.97 Å². The van der Waals surface area contributed by atoms with Crippen molar-refractivity contribution < 1.29 is 19.4 Å². The molecule has 16 heavy (non-hydrogen) atoms. The Kier molecular flexibility index (Phi) is 8.52. The number of aliphatic hydroxyl groups is 1. The van der Waals surface area contributed by atoms with Gasteiger partial charge in [-0.15, -0.1) is 0 Å². The Morgan fingerprint density at radius 2 is 2.06 bits per heavy atom. The van der Waals surface area contributed by atoms with E-state index < -0.39 is 6.10 Å². The lowest BCUT2D eigenvalue weighted by Crippen LogP contribution is -2.24. The molecule has 0 heterocycles. The summed E-state index contributed by atoms with van der Waals surface area (Å²) in [7, 11) is 0. The fraction of sp³-hybridized carbons (Fsp3) is 0.818. The standard InChI is InChI=1S/C11H21NO4/c1-3-7-12-10(14)5-4-6-11(15)16-9(2)8-13/h9,13H,3-8H2,1-2H3,(H,12,14). The predicted octanol–water partition coefficient (Wildman–Crippen LogP) is 0.607. The molecule has 2 N–H and O–H groups in total. The molecule has 0 aliphatic carbocycles. The summed E-state index contributed by atoms with van der Waals surface area (Å²) >= 11 is 0. The van der Waals surface area contributed by atoms with Gasteiger partial charge in [0.05, 0.1) is 6.61 Å². The molecule has 0 fully saturated rings. The van der Waals surface area contributed by atoms with E-state index in [1.165, 1.54) is 0 Å². The van der Waals surface area contributed by atoms with Gasteiger partial charge in [-0.1, -0.05) is 6.92 Å². The molecule has 0 saturated heterocycles. The number of amides is 1. The lowest BCUT2D eigenvalue weighted by atomic mass is 10.2. The predicted molar refractivity (Wildman–Crippen MR) is 59.8 cm³/mol. The molecule has 0 aromatic carbocycles. The quantitative estimate of drug-likeness (QED) is 0.600. The van der Waals surface area contributed by atoms with Crippen molar-refractivity contribution in [2.75, 3.05) is 13.2 Å². The minimum Gasteiger partial charge on any atom is -0.460 e.